The summed E-state index contributed by atoms with van der Waals surface area (Å²) >= 11 is 0. The summed E-state index contributed by atoms with van der Waals surface area (Å²) < 4.78 is 11.1. The maximum Gasteiger partial charge on any atom is 0.175 e. The summed E-state index contributed by atoms with van der Waals surface area (Å²) in [5.74, 6) is 2.61. The van der Waals surface area contributed by atoms with Crippen molar-refractivity contribution in [2.75, 3.05) is 12.8 Å². The number of hydrogen-bond donors (Lipinski definition) is 1. The fraction of sp³-hybridized carbons (Fsp3) is 0.471. The van der Waals surface area contributed by atoms with Crippen LogP contribution in [0.3, 0.4) is 0 Å². The lowest BCUT2D eigenvalue weighted by atomic mass is 9.91. The Labute approximate surface area is 125 Å². The minimum absolute atomic E-state index is 0.414. The second-order valence-corrected chi connectivity index (χ2v) is 5.70. The van der Waals surface area contributed by atoms with Gasteiger partial charge in [0.2, 0.25) is 0 Å². The van der Waals surface area contributed by atoms with Crippen LogP contribution in [0.25, 0.3) is 11.1 Å². The van der Waals surface area contributed by atoms with Crippen molar-refractivity contribution in [3.63, 3.8) is 0 Å². The number of methoxy groups -OCH3 is 1. The zero-order valence-corrected chi connectivity index (χ0v) is 12.5. The molecule has 1 fully saturated rings. The molecule has 1 aromatic carbocycles. The number of benzene rings is 1. The molecule has 0 amide bonds. The number of para-hydroxylation sites is 1. The molecular formula is C17H22N2O2. The Hall–Kier alpha value is -1.97. The standard InChI is InChI=1S/C17H22N2O2/c1-20-14-11-7-6-10-13(14)15-16(21-19-17(15)18)12-8-4-2-3-5-9-12/h6-7,10-12H,2-5,8-9H2,1H3,(H2,18,19). The second-order valence-electron chi connectivity index (χ2n) is 5.70. The molecule has 0 atom stereocenters. The third-order valence-electron chi connectivity index (χ3n) is 4.35. The van der Waals surface area contributed by atoms with Crippen LogP contribution in [0, 0.1) is 0 Å². The van der Waals surface area contributed by atoms with Gasteiger partial charge in [-0.05, 0) is 18.9 Å². The van der Waals surface area contributed by atoms with E-state index in [4.69, 9.17) is 15.0 Å². The van der Waals surface area contributed by atoms with Gasteiger partial charge in [-0.15, -0.1) is 0 Å². The van der Waals surface area contributed by atoms with Gasteiger partial charge in [0.15, 0.2) is 5.82 Å². The Morgan fingerprint density at radius 3 is 2.57 bits per heavy atom. The van der Waals surface area contributed by atoms with E-state index in [1.165, 1.54) is 25.7 Å². The first-order valence-electron chi connectivity index (χ1n) is 7.69. The van der Waals surface area contributed by atoms with Crippen LogP contribution in [-0.2, 0) is 0 Å². The average Bonchev–Trinajstić information content (AvgIpc) is 2.74. The van der Waals surface area contributed by atoms with Gasteiger partial charge in [-0.25, -0.2) is 0 Å². The van der Waals surface area contributed by atoms with E-state index in [1.807, 2.05) is 24.3 Å². The predicted molar refractivity (Wildman–Crippen MR) is 83.3 cm³/mol. The molecule has 4 heteroatoms. The summed E-state index contributed by atoms with van der Waals surface area (Å²) in [5, 5.41) is 4.02. The molecule has 0 unspecified atom stereocenters. The number of nitrogen functional groups attached to an aromatic ring is 1. The van der Waals surface area contributed by atoms with Crippen molar-refractivity contribution in [2.24, 2.45) is 0 Å². The summed E-state index contributed by atoms with van der Waals surface area (Å²) in [6.07, 6.45) is 7.41. The van der Waals surface area contributed by atoms with E-state index in [-0.39, 0.29) is 0 Å². The Balaban J connectivity index is 2.04. The van der Waals surface area contributed by atoms with Gasteiger partial charge in [-0.2, -0.15) is 0 Å². The number of nitrogens with zero attached hydrogens (tertiary/aromatic N) is 1. The van der Waals surface area contributed by atoms with Gasteiger partial charge in [0, 0.05) is 11.5 Å². The molecule has 3 rings (SSSR count). The van der Waals surface area contributed by atoms with Crippen LogP contribution in [0.4, 0.5) is 5.82 Å². The number of rotatable bonds is 3. The summed E-state index contributed by atoms with van der Waals surface area (Å²) in [6.45, 7) is 0. The highest BCUT2D eigenvalue weighted by Crippen LogP contribution is 2.42. The summed E-state index contributed by atoms with van der Waals surface area (Å²) in [5.41, 5.74) is 7.97. The molecule has 112 valence electrons. The number of aromatic nitrogens is 1. The Bertz CT molecular complexity index is 599. The molecule has 0 aliphatic heterocycles. The Morgan fingerprint density at radius 2 is 1.86 bits per heavy atom. The lowest BCUT2D eigenvalue weighted by Crippen LogP contribution is -1.99. The highest BCUT2D eigenvalue weighted by molar-refractivity contribution is 5.80. The van der Waals surface area contributed by atoms with Gasteiger partial charge in [0.05, 0.1) is 12.7 Å². The minimum Gasteiger partial charge on any atom is -0.496 e. The van der Waals surface area contributed by atoms with Crippen molar-refractivity contribution in [3.8, 4) is 16.9 Å². The highest BCUT2D eigenvalue weighted by Gasteiger charge is 2.26. The third kappa shape index (κ3) is 2.75. The molecule has 1 aliphatic carbocycles. The van der Waals surface area contributed by atoms with E-state index in [0.717, 1.165) is 35.5 Å². The Kier molecular flexibility index (Phi) is 4.13. The van der Waals surface area contributed by atoms with E-state index < -0.39 is 0 Å². The smallest absolute Gasteiger partial charge is 0.175 e. The lowest BCUT2D eigenvalue weighted by Gasteiger charge is -2.14. The minimum atomic E-state index is 0.414. The molecule has 1 aliphatic rings. The second kappa shape index (κ2) is 6.20. The van der Waals surface area contributed by atoms with Gasteiger partial charge < -0.3 is 15.0 Å². The van der Waals surface area contributed by atoms with Gasteiger partial charge in [0.25, 0.3) is 0 Å². The van der Waals surface area contributed by atoms with Gasteiger partial charge in [-0.1, -0.05) is 49.0 Å². The van der Waals surface area contributed by atoms with Crippen LogP contribution in [-0.4, -0.2) is 12.3 Å². The molecular weight excluding hydrogens is 264 g/mol. The summed E-state index contributed by atoms with van der Waals surface area (Å²) in [6, 6.07) is 7.90. The van der Waals surface area contributed by atoms with Crippen molar-refractivity contribution >= 4 is 5.82 Å². The monoisotopic (exact) mass is 286 g/mol. The van der Waals surface area contributed by atoms with Crippen LogP contribution in [0.2, 0.25) is 0 Å². The van der Waals surface area contributed by atoms with Crippen LogP contribution in [0.15, 0.2) is 28.8 Å². The van der Waals surface area contributed by atoms with Gasteiger partial charge in [-0.3, -0.25) is 0 Å². The average molecular weight is 286 g/mol. The van der Waals surface area contributed by atoms with E-state index in [0.29, 0.717) is 11.7 Å². The van der Waals surface area contributed by atoms with Crippen LogP contribution < -0.4 is 10.5 Å². The maximum atomic E-state index is 6.08. The zero-order chi connectivity index (χ0) is 14.7. The number of anilines is 1. The van der Waals surface area contributed by atoms with Crippen LogP contribution in [0.1, 0.15) is 50.2 Å². The maximum absolute atomic E-state index is 6.08. The molecule has 0 bridgehead atoms. The number of hydrogen-bond acceptors (Lipinski definition) is 4. The molecule has 4 nitrogen and oxygen atoms in total. The van der Waals surface area contributed by atoms with Crippen molar-refractivity contribution in [1.29, 1.82) is 0 Å². The zero-order valence-electron chi connectivity index (χ0n) is 12.5. The van der Waals surface area contributed by atoms with E-state index in [9.17, 15) is 0 Å². The first-order valence-corrected chi connectivity index (χ1v) is 7.69. The Morgan fingerprint density at radius 1 is 1.14 bits per heavy atom. The molecule has 0 spiro atoms. The fourth-order valence-corrected chi connectivity index (χ4v) is 3.26. The predicted octanol–water partition coefficient (Wildman–Crippen LogP) is 4.37. The van der Waals surface area contributed by atoms with Crippen molar-refractivity contribution in [2.45, 2.75) is 44.4 Å². The fourth-order valence-electron chi connectivity index (χ4n) is 3.26. The van der Waals surface area contributed by atoms with E-state index >= 15 is 0 Å². The third-order valence-corrected chi connectivity index (χ3v) is 4.35. The molecule has 2 aromatic rings. The first-order chi connectivity index (χ1) is 10.3. The van der Waals surface area contributed by atoms with Crippen molar-refractivity contribution in [1.82, 2.24) is 5.16 Å². The molecule has 1 aromatic heterocycles. The number of nitrogens with two attached hydrogens (primary N) is 1. The topological polar surface area (TPSA) is 61.3 Å². The normalized spacial score (nSPS) is 16.6. The lowest BCUT2D eigenvalue weighted by molar-refractivity contribution is 0.350. The largest absolute Gasteiger partial charge is 0.496 e. The molecule has 1 heterocycles. The molecule has 0 saturated heterocycles. The SMILES string of the molecule is COc1ccccc1-c1c(N)noc1C1CCCCCC1. The van der Waals surface area contributed by atoms with Crippen molar-refractivity contribution < 1.29 is 9.26 Å². The summed E-state index contributed by atoms with van der Waals surface area (Å²) in [7, 11) is 1.67. The van der Waals surface area contributed by atoms with E-state index in [1.54, 1.807) is 7.11 Å². The van der Waals surface area contributed by atoms with Gasteiger partial charge >= 0.3 is 0 Å². The van der Waals surface area contributed by atoms with Crippen LogP contribution in [0.5, 0.6) is 5.75 Å². The molecule has 2 N–H and O–H groups in total. The molecule has 0 radical (unpaired) electrons. The summed E-state index contributed by atoms with van der Waals surface area (Å²) in [4.78, 5) is 0. The first kappa shape index (κ1) is 14.0. The number of ether oxygens (including phenoxy) is 1. The van der Waals surface area contributed by atoms with Crippen molar-refractivity contribution in [3.05, 3.63) is 30.0 Å². The molecule has 21 heavy (non-hydrogen) atoms. The van der Waals surface area contributed by atoms with Crippen LogP contribution >= 0.6 is 0 Å². The quantitative estimate of drug-likeness (QED) is 0.851. The van der Waals surface area contributed by atoms with E-state index in [2.05, 4.69) is 5.16 Å². The molecule has 1 saturated carbocycles. The highest BCUT2D eigenvalue weighted by atomic mass is 16.5. The van der Waals surface area contributed by atoms with Gasteiger partial charge in [0.1, 0.15) is 11.5 Å².